The molecule has 0 bridgehead atoms. The Morgan fingerprint density at radius 3 is 2.67 bits per heavy atom. The number of nitrogens with one attached hydrogen (secondary N) is 1. The first-order valence-electron chi connectivity index (χ1n) is 5.23. The van der Waals surface area contributed by atoms with Crippen molar-refractivity contribution in [3.63, 3.8) is 0 Å². The second kappa shape index (κ2) is 5.11. The number of nitrogens with zero attached hydrogens (tertiary/aromatic N) is 1. The van der Waals surface area contributed by atoms with Crippen LogP contribution in [0.1, 0.15) is 20.3 Å². The van der Waals surface area contributed by atoms with Crippen molar-refractivity contribution < 1.29 is 14.7 Å². The van der Waals surface area contributed by atoms with E-state index in [4.69, 9.17) is 5.11 Å². The molecule has 5 nitrogen and oxygen atoms in total. The second-order valence-corrected chi connectivity index (χ2v) is 3.99. The third-order valence-electron chi connectivity index (χ3n) is 2.98. The molecule has 0 saturated carbocycles. The largest absolute Gasteiger partial charge is 0.481 e. The lowest BCUT2D eigenvalue weighted by Crippen LogP contribution is -2.38. The number of carboxylic acids is 1. The van der Waals surface area contributed by atoms with Crippen molar-refractivity contribution in [3.05, 3.63) is 0 Å². The maximum Gasteiger partial charge on any atom is 0.308 e. The highest BCUT2D eigenvalue weighted by atomic mass is 16.4. The fourth-order valence-corrected chi connectivity index (χ4v) is 2.03. The molecular formula is C10H18N2O3. The highest BCUT2D eigenvalue weighted by molar-refractivity contribution is 5.72. The number of hydrogen-bond donors (Lipinski definition) is 2. The molecule has 2 unspecified atom stereocenters. The molecule has 0 radical (unpaired) electrons. The van der Waals surface area contributed by atoms with Crippen LogP contribution in [0.5, 0.6) is 0 Å². The third-order valence-corrected chi connectivity index (χ3v) is 2.98. The van der Waals surface area contributed by atoms with E-state index in [1.807, 2.05) is 6.92 Å². The van der Waals surface area contributed by atoms with Gasteiger partial charge in [-0.15, -0.1) is 0 Å². The van der Waals surface area contributed by atoms with Gasteiger partial charge in [0.15, 0.2) is 0 Å². The quantitative estimate of drug-likeness (QED) is 0.686. The molecule has 15 heavy (non-hydrogen) atoms. The number of carbonyl (C=O) groups excluding carboxylic acids is 1. The summed E-state index contributed by atoms with van der Waals surface area (Å²) in [6.07, 6.45) is 0.705. The zero-order valence-electron chi connectivity index (χ0n) is 9.19. The van der Waals surface area contributed by atoms with Gasteiger partial charge in [-0.05, 0) is 19.9 Å². The summed E-state index contributed by atoms with van der Waals surface area (Å²) in [5.74, 6) is -1.02. The van der Waals surface area contributed by atoms with Gasteiger partial charge in [0.2, 0.25) is 5.91 Å². The van der Waals surface area contributed by atoms with Gasteiger partial charge in [0.05, 0.1) is 5.92 Å². The van der Waals surface area contributed by atoms with Gasteiger partial charge in [-0.2, -0.15) is 0 Å². The van der Waals surface area contributed by atoms with Crippen LogP contribution >= 0.6 is 0 Å². The number of likely N-dealkylation sites (tertiary alicyclic amines) is 1. The van der Waals surface area contributed by atoms with Gasteiger partial charge in [-0.3, -0.25) is 14.5 Å². The molecule has 1 amide bonds. The van der Waals surface area contributed by atoms with Crippen LogP contribution in [0.4, 0.5) is 0 Å². The van der Waals surface area contributed by atoms with Crippen LogP contribution < -0.4 is 5.32 Å². The normalized spacial score (nSPS) is 26.5. The molecule has 1 aliphatic rings. The SMILES string of the molecule is CC(=O)NCCN1CCC(C(=O)O)C1C. The summed E-state index contributed by atoms with van der Waals surface area (Å²) >= 11 is 0. The fourth-order valence-electron chi connectivity index (χ4n) is 2.03. The Balaban J connectivity index is 2.33. The van der Waals surface area contributed by atoms with E-state index in [2.05, 4.69) is 10.2 Å². The Hall–Kier alpha value is -1.10. The molecule has 0 aromatic heterocycles. The predicted octanol–water partition coefficient (Wildman–Crippen LogP) is -0.0825. The lowest BCUT2D eigenvalue weighted by atomic mass is 10.0. The van der Waals surface area contributed by atoms with E-state index in [0.29, 0.717) is 13.0 Å². The van der Waals surface area contributed by atoms with Crippen LogP contribution in [0, 0.1) is 5.92 Å². The average Bonchev–Trinajstić information content (AvgIpc) is 2.47. The van der Waals surface area contributed by atoms with E-state index in [1.54, 1.807) is 0 Å². The lowest BCUT2D eigenvalue weighted by molar-refractivity contribution is -0.142. The highest BCUT2D eigenvalue weighted by Gasteiger charge is 2.34. The van der Waals surface area contributed by atoms with Gasteiger partial charge in [0.1, 0.15) is 0 Å². The summed E-state index contributed by atoms with van der Waals surface area (Å²) < 4.78 is 0. The van der Waals surface area contributed by atoms with Crippen LogP contribution in [-0.4, -0.2) is 47.6 Å². The van der Waals surface area contributed by atoms with E-state index in [-0.39, 0.29) is 17.9 Å². The Bertz CT molecular complexity index is 255. The fraction of sp³-hybridized carbons (Fsp3) is 0.800. The van der Waals surface area contributed by atoms with Gasteiger partial charge in [0, 0.05) is 26.1 Å². The molecule has 86 valence electrons. The maximum atomic E-state index is 10.8. The molecule has 1 rings (SSSR count). The first kappa shape index (κ1) is 12.0. The Morgan fingerprint density at radius 1 is 1.53 bits per heavy atom. The van der Waals surface area contributed by atoms with E-state index in [9.17, 15) is 9.59 Å². The van der Waals surface area contributed by atoms with Gasteiger partial charge < -0.3 is 10.4 Å². The monoisotopic (exact) mass is 214 g/mol. The minimum absolute atomic E-state index is 0.0448. The molecule has 1 aliphatic heterocycles. The standard InChI is InChI=1S/C10H18N2O3/c1-7-9(10(14)15)3-5-12(7)6-4-11-8(2)13/h7,9H,3-6H2,1-2H3,(H,11,13)(H,14,15). The summed E-state index contributed by atoms with van der Waals surface area (Å²) in [5.41, 5.74) is 0. The average molecular weight is 214 g/mol. The van der Waals surface area contributed by atoms with Crippen LogP contribution in [0.25, 0.3) is 0 Å². The molecule has 2 N–H and O–H groups in total. The Kier molecular flexibility index (Phi) is 4.08. The Morgan fingerprint density at radius 2 is 2.20 bits per heavy atom. The van der Waals surface area contributed by atoms with Crippen molar-refractivity contribution >= 4 is 11.9 Å². The summed E-state index contributed by atoms with van der Waals surface area (Å²) in [6, 6.07) is 0.0660. The van der Waals surface area contributed by atoms with E-state index >= 15 is 0 Å². The number of aliphatic carboxylic acids is 1. The predicted molar refractivity (Wildman–Crippen MR) is 55.5 cm³/mol. The van der Waals surface area contributed by atoms with E-state index < -0.39 is 5.97 Å². The molecule has 0 aromatic rings. The van der Waals surface area contributed by atoms with Crippen molar-refractivity contribution in [1.82, 2.24) is 10.2 Å². The summed E-state index contributed by atoms with van der Waals surface area (Å²) in [4.78, 5) is 23.6. The third kappa shape index (κ3) is 3.20. The summed E-state index contributed by atoms with van der Waals surface area (Å²) in [7, 11) is 0. The maximum absolute atomic E-state index is 10.8. The highest BCUT2D eigenvalue weighted by Crippen LogP contribution is 2.23. The van der Waals surface area contributed by atoms with E-state index in [1.165, 1.54) is 6.92 Å². The van der Waals surface area contributed by atoms with Crippen molar-refractivity contribution in [2.75, 3.05) is 19.6 Å². The first-order valence-corrected chi connectivity index (χ1v) is 5.23. The first-order chi connectivity index (χ1) is 7.02. The number of amides is 1. The van der Waals surface area contributed by atoms with Crippen molar-refractivity contribution in [2.24, 2.45) is 5.92 Å². The summed E-state index contributed by atoms with van der Waals surface area (Å²) in [6.45, 7) is 5.53. The van der Waals surface area contributed by atoms with Crippen LogP contribution in [-0.2, 0) is 9.59 Å². The molecule has 1 heterocycles. The smallest absolute Gasteiger partial charge is 0.308 e. The topological polar surface area (TPSA) is 69.6 Å². The van der Waals surface area contributed by atoms with Crippen LogP contribution in [0.3, 0.4) is 0 Å². The minimum atomic E-state index is -0.718. The Labute approximate surface area is 89.4 Å². The number of carbonyl (C=O) groups is 2. The number of carboxylic acid groups (broad SMARTS) is 1. The van der Waals surface area contributed by atoms with Crippen molar-refractivity contribution in [2.45, 2.75) is 26.3 Å². The second-order valence-electron chi connectivity index (χ2n) is 3.99. The molecule has 2 atom stereocenters. The van der Waals surface area contributed by atoms with Gasteiger partial charge in [-0.1, -0.05) is 0 Å². The number of hydrogen-bond acceptors (Lipinski definition) is 3. The molecule has 1 fully saturated rings. The van der Waals surface area contributed by atoms with Gasteiger partial charge in [0.25, 0.3) is 0 Å². The zero-order chi connectivity index (χ0) is 11.4. The van der Waals surface area contributed by atoms with Crippen molar-refractivity contribution in [1.29, 1.82) is 0 Å². The van der Waals surface area contributed by atoms with Crippen LogP contribution in [0.2, 0.25) is 0 Å². The van der Waals surface area contributed by atoms with Crippen molar-refractivity contribution in [3.8, 4) is 0 Å². The van der Waals surface area contributed by atoms with Gasteiger partial charge in [-0.25, -0.2) is 0 Å². The zero-order valence-corrected chi connectivity index (χ0v) is 9.19. The molecule has 0 aliphatic carbocycles. The van der Waals surface area contributed by atoms with E-state index in [0.717, 1.165) is 13.1 Å². The molecular weight excluding hydrogens is 196 g/mol. The molecule has 5 heteroatoms. The lowest BCUT2D eigenvalue weighted by Gasteiger charge is -2.22. The summed E-state index contributed by atoms with van der Waals surface area (Å²) in [5, 5.41) is 11.6. The molecule has 0 spiro atoms. The molecule has 0 aromatic carbocycles. The van der Waals surface area contributed by atoms with Gasteiger partial charge >= 0.3 is 5.97 Å². The number of rotatable bonds is 4. The van der Waals surface area contributed by atoms with Crippen LogP contribution in [0.15, 0.2) is 0 Å². The minimum Gasteiger partial charge on any atom is -0.481 e. The molecule has 1 saturated heterocycles.